The maximum atomic E-state index is 13.2. The number of rotatable bonds is 3. The molecular weight excluding hydrogens is 343 g/mol. The fourth-order valence-electron chi connectivity index (χ4n) is 3.20. The number of hydrogen-bond acceptors (Lipinski definition) is 4. The summed E-state index contributed by atoms with van der Waals surface area (Å²) in [6, 6.07) is 7.96. The molecule has 136 valence electrons. The molecule has 1 aliphatic rings. The highest BCUT2D eigenvalue weighted by atomic mass is 19.4. The van der Waals surface area contributed by atoms with E-state index in [0.29, 0.717) is 23.6 Å². The van der Waals surface area contributed by atoms with Gasteiger partial charge in [-0.2, -0.15) is 13.2 Å². The first-order chi connectivity index (χ1) is 12.5. The van der Waals surface area contributed by atoms with E-state index < -0.39 is 11.7 Å². The molecule has 0 saturated carbocycles. The molecule has 1 N–H and O–H groups in total. The van der Waals surface area contributed by atoms with Crippen molar-refractivity contribution in [1.29, 1.82) is 0 Å². The third-order valence-electron chi connectivity index (χ3n) is 4.54. The van der Waals surface area contributed by atoms with E-state index in [9.17, 15) is 13.2 Å². The minimum atomic E-state index is -4.39. The van der Waals surface area contributed by atoms with Crippen LogP contribution in [-0.4, -0.2) is 45.4 Å². The normalized spacial score (nSPS) is 16.3. The summed E-state index contributed by atoms with van der Waals surface area (Å²) in [7, 11) is 0. The molecule has 26 heavy (non-hydrogen) atoms. The Morgan fingerprint density at radius 2 is 1.88 bits per heavy atom. The van der Waals surface area contributed by atoms with Crippen LogP contribution in [0.4, 0.5) is 13.2 Å². The van der Waals surface area contributed by atoms with Crippen molar-refractivity contribution in [2.75, 3.05) is 26.2 Å². The number of nitrogens with one attached hydrogen (secondary N) is 1. The molecule has 5 nitrogen and oxygen atoms in total. The zero-order valence-electron chi connectivity index (χ0n) is 14.0. The Morgan fingerprint density at radius 3 is 2.58 bits per heavy atom. The van der Waals surface area contributed by atoms with E-state index in [1.165, 1.54) is 6.07 Å². The number of fused-ring (bicyclic) bond motifs is 1. The van der Waals surface area contributed by atoms with Crippen molar-refractivity contribution in [2.45, 2.75) is 12.7 Å². The molecule has 1 fully saturated rings. The minimum Gasteiger partial charge on any atom is -0.314 e. The van der Waals surface area contributed by atoms with E-state index in [1.54, 1.807) is 16.7 Å². The van der Waals surface area contributed by atoms with Gasteiger partial charge in [-0.25, -0.2) is 4.98 Å². The van der Waals surface area contributed by atoms with Gasteiger partial charge in [-0.05, 0) is 24.3 Å². The first kappa shape index (κ1) is 17.0. The van der Waals surface area contributed by atoms with Crippen LogP contribution in [0.2, 0.25) is 0 Å². The number of alkyl halides is 3. The number of nitrogens with zero attached hydrogens (tertiary/aromatic N) is 4. The van der Waals surface area contributed by atoms with Crippen molar-refractivity contribution in [2.24, 2.45) is 0 Å². The first-order valence-corrected chi connectivity index (χ1v) is 8.45. The Balaban J connectivity index is 1.84. The molecule has 8 heteroatoms. The summed E-state index contributed by atoms with van der Waals surface area (Å²) in [6.07, 6.45) is -1.60. The second-order valence-corrected chi connectivity index (χ2v) is 6.29. The van der Waals surface area contributed by atoms with Crippen LogP contribution < -0.4 is 5.32 Å². The van der Waals surface area contributed by atoms with E-state index in [2.05, 4.69) is 20.2 Å². The van der Waals surface area contributed by atoms with E-state index in [-0.39, 0.29) is 0 Å². The lowest BCUT2D eigenvalue weighted by molar-refractivity contribution is -0.137. The van der Waals surface area contributed by atoms with Gasteiger partial charge in [-0.15, -0.1) is 0 Å². The molecule has 3 aromatic rings. The van der Waals surface area contributed by atoms with Gasteiger partial charge >= 0.3 is 6.18 Å². The molecule has 0 spiro atoms. The molecule has 0 aromatic carbocycles. The fourth-order valence-corrected chi connectivity index (χ4v) is 3.20. The summed E-state index contributed by atoms with van der Waals surface area (Å²) in [5, 5.41) is 3.28. The van der Waals surface area contributed by atoms with Gasteiger partial charge in [0.2, 0.25) is 0 Å². The van der Waals surface area contributed by atoms with Gasteiger partial charge < -0.3 is 9.72 Å². The Bertz CT molecular complexity index is 898. The summed E-state index contributed by atoms with van der Waals surface area (Å²) in [4.78, 5) is 11.1. The van der Waals surface area contributed by atoms with Crippen LogP contribution in [0.1, 0.15) is 11.3 Å². The third-order valence-corrected chi connectivity index (χ3v) is 4.54. The van der Waals surface area contributed by atoms with Gasteiger partial charge in [0.15, 0.2) is 0 Å². The standard InChI is InChI=1S/C18H18F3N5/c19-18(20,21)13-4-5-16-24-17(14-3-1-2-6-23-14)15(26(16)11-13)12-25-9-7-22-8-10-25/h1-6,11,22H,7-10,12H2. The molecule has 0 radical (unpaired) electrons. The van der Waals surface area contributed by atoms with Crippen LogP contribution in [0.5, 0.6) is 0 Å². The topological polar surface area (TPSA) is 45.5 Å². The molecule has 0 unspecified atom stereocenters. The second kappa shape index (κ2) is 6.69. The van der Waals surface area contributed by atoms with Crippen LogP contribution in [0, 0.1) is 0 Å². The van der Waals surface area contributed by atoms with Crippen LogP contribution >= 0.6 is 0 Å². The maximum Gasteiger partial charge on any atom is 0.417 e. The van der Waals surface area contributed by atoms with Crippen LogP contribution in [0.15, 0.2) is 42.7 Å². The van der Waals surface area contributed by atoms with E-state index in [4.69, 9.17) is 0 Å². The van der Waals surface area contributed by atoms with Gasteiger partial charge in [-0.3, -0.25) is 9.88 Å². The summed E-state index contributed by atoms with van der Waals surface area (Å²) in [6.45, 7) is 3.94. The number of piperazine rings is 1. The molecule has 0 aliphatic carbocycles. The number of halogens is 3. The molecule has 1 saturated heterocycles. The predicted octanol–water partition coefficient (Wildman–Crippen LogP) is 2.82. The van der Waals surface area contributed by atoms with E-state index in [1.807, 2.05) is 12.1 Å². The van der Waals surface area contributed by atoms with Crippen LogP contribution in [-0.2, 0) is 12.7 Å². The summed E-state index contributed by atoms with van der Waals surface area (Å²) in [5.74, 6) is 0. The quantitative estimate of drug-likeness (QED) is 0.779. The monoisotopic (exact) mass is 361 g/mol. The average Bonchev–Trinajstić information content (AvgIpc) is 3.00. The Morgan fingerprint density at radius 1 is 1.08 bits per heavy atom. The van der Waals surface area contributed by atoms with Gasteiger partial charge in [0.05, 0.1) is 17.0 Å². The number of aromatic nitrogens is 3. The molecule has 1 aliphatic heterocycles. The van der Waals surface area contributed by atoms with Gasteiger partial charge in [0, 0.05) is 45.1 Å². The smallest absolute Gasteiger partial charge is 0.314 e. The van der Waals surface area contributed by atoms with Crippen molar-refractivity contribution in [3.63, 3.8) is 0 Å². The highest BCUT2D eigenvalue weighted by molar-refractivity contribution is 5.63. The minimum absolute atomic E-state index is 0.490. The molecular formula is C18H18F3N5. The molecule has 0 amide bonds. The molecule has 0 atom stereocenters. The zero-order valence-corrected chi connectivity index (χ0v) is 14.0. The van der Waals surface area contributed by atoms with E-state index >= 15 is 0 Å². The molecule has 3 aromatic heterocycles. The van der Waals surface area contributed by atoms with Crippen LogP contribution in [0.25, 0.3) is 17.0 Å². The number of hydrogen-bond donors (Lipinski definition) is 1. The molecule has 0 bridgehead atoms. The van der Waals surface area contributed by atoms with Gasteiger partial charge in [-0.1, -0.05) is 6.07 Å². The second-order valence-electron chi connectivity index (χ2n) is 6.29. The molecule has 4 heterocycles. The Kier molecular flexibility index (Phi) is 4.37. The predicted molar refractivity (Wildman–Crippen MR) is 91.6 cm³/mol. The SMILES string of the molecule is FC(F)(F)c1ccc2nc(-c3ccccn3)c(CN3CCNCC3)n2c1. The van der Waals surface area contributed by atoms with Crippen molar-refractivity contribution < 1.29 is 13.2 Å². The van der Waals surface area contributed by atoms with Gasteiger partial charge in [0.25, 0.3) is 0 Å². The van der Waals surface area contributed by atoms with E-state index in [0.717, 1.165) is 44.1 Å². The van der Waals surface area contributed by atoms with Crippen LogP contribution in [0.3, 0.4) is 0 Å². The largest absolute Gasteiger partial charge is 0.417 e. The summed E-state index contributed by atoms with van der Waals surface area (Å²) >= 11 is 0. The highest BCUT2D eigenvalue weighted by Gasteiger charge is 2.31. The highest BCUT2D eigenvalue weighted by Crippen LogP contribution is 2.31. The van der Waals surface area contributed by atoms with Crippen molar-refractivity contribution >= 4 is 5.65 Å². The average molecular weight is 361 g/mol. The lowest BCUT2D eigenvalue weighted by atomic mass is 10.2. The third kappa shape index (κ3) is 3.30. The lowest BCUT2D eigenvalue weighted by Crippen LogP contribution is -2.43. The maximum absolute atomic E-state index is 13.2. The zero-order chi connectivity index (χ0) is 18.1. The Hall–Kier alpha value is -2.45. The van der Waals surface area contributed by atoms with Gasteiger partial charge in [0.1, 0.15) is 11.3 Å². The summed E-state index contributed by atoms with van der Waals surface area (Å²) < 4.78 is 41.1. The number of pyridine rings is 2. The van der Waals surface area contributed by atoms with Crippen molar-refractivity contribution in [3.8, 4) is 11.4 Å². The van der Waals surface area contributed by atoms with Crippen molar-refractivity contribution in [3.05, 3.63) is 54.0 Å². The number of imidazole rings is 1. The fraction of sp³-hybridized carbons (Fsp3) is 0.333. The Labute approximate surface area is 148 Å². The lowest BCUT2D eigenvalue weighted by Gasteiger charge is -2.27. The molecule has 4 rings (SSSR count). The summed E-state index contributed by atoms with van der Waals surface area (Å²) in [5.41, 5.74) is 1.82. The first-order valence-electron chi connectivity index (χ1n) is 8.45. The van der Waals surface area contributed by atoms with Crippen molar-refractivity contribution in [1.82, 2.24) is 24.6 Å².